The summed E-state index contributed by atoms with van der Waals surface area (Å²) in [5.41, 5.74) is 0. The summed E-state index contributed by atoms with van der Waals surface area (Å²) in [5.74, 6) is -0.882. The summed E-state index contributed by atoms with van der Waals surface area (Å²) in [6.45, 7) is 8.14. The van der Waals surface area contributed by atoms with Crippen molar-refractivity contribution in [1.82, 2.24) is 0 Å². The monoisotopic (exact) mass is 334 g/mol. The van der Waals surface area contributed by atoms with E-state index in [1.54, 1.807) is 0 Å². The Hall–Kier alpha value is -0.237. The van der Waals surface area contributed by atoms with Crippen molar-refractivity contribution >= 4 is 11.9 Å². The summed E-state index contributed by atoms with van der Waals surface area (Å²) < 4.78 is 5.07. The second-order valence-corrected chi connectivity index (χ2v) is 5.23. The molecule has 0 rings (SSSR count). The quantitative estimate of drug-likeness (QED) is 0.336. The molecule has 0 aromatic rings. The van der Waals surface area contributed by atoms with Gasteiger partial charge in [-0.25, -0.2) is 0 Å². The van der Waals surface area contributed by atoms with E-state index < -0.39 is 0 Å². The minimum atomic E-state index is -0.323. The summed E-state index contributed by atoms with van der Waals surface area (Å²) in [4.78, 5) is 23.9. The van der Waals surface area contributed by atoms with Gasteiger partial charge in [0, 0.05) is 19.5 Å². The summed E-state index contributed by atoms with van der Waals surface area (Å²) in [6, 6.07) is 0. The van der Waals surface area contributed by atoms with Crippen LogP contribution in [0.4, 0.5) is 0 Å². The molecule has 0 spiro atoms. The van der Waals surface area contributed by atoms with E-state index in [9.17, 15) is 9.59 Å². The first-order valence-corrected chi connectivity index (χ1v) is 7.86. The maximum Gasteiger partial charge on any atom is 0.316 e. The van der Waals surface area contributed by atoms with E-state index in [2.05, 4.69) is 13.8 Å². The normalized spacial score (nSPS) is 13.2. The molecule has 0 aliphatic heterocycles. The van der Waals surface area contributed by atoms with Gasteiger partial charge in [0.2, 0.25) is 0 Å². The van der Waals surface area contributed by atoms with Crippen LogP contribution in [-0.2, 0) is 33.8 Å². The molecule has 0 aromatic carbocycles. The van der Waals surface area contributed by atoms with E-state index in [0.717, 1.165) is 51.4 Å². The molecular formula is C16H30O3Zn. The van der Waals surface area contributed by atoms with Crippen molar-refractivity contribution < 1.29 is 33.8 Å². The number of hydrogen-bond donors (Lipinski definition) is 0. The maximum atomic E-state index is 11.9. The first kappa shape index (κ1) is 22.1. The van der Waals surface area contributed by atoms with Crippen LogP contribution in [0.2, 0.25) is 0 Å². The number of unbranched alkanes of at least 4 members (excludes halogenated alkanes) is 2. The van der Waals surface area contributed by atoms with Gasteiger partial charge in [0.05, 0.1) is 11.8 Å². The number of esters is 2. The van der Waals surface area contributed by atoms with Crippen LogP contribution in [0.3, 0.4) is 0 Å². The third-order valence-electron chi connectivity index (χ3n) is 3.67. The third kappa shape index (κ3) is 8.84. The number of rotatable bonds is 10. The van der Waals surface area contributed by atoms with Crippen LogP contribution in [0, 0.1) is 11.8 Å². The number of carbonyl (C=O) groups excluding carboxylic acids is 2. The molecule has 3 nitrogen and oxygen atoms in total. The van der Waals surface area contributed by atoms with E-state index >= 15 is 0 Å². The Labute approximate surface area is 137 Å². The van der Waals surface area contributed by atoms with Crippen LogP contribution in [0.15, 0.2) is 0 Å². The van der Waals surface area contributed by atoms with Crippen LogP contribution in [0.5, 0.6) is 0 Å². The molecule has 0 aliphatic rings. The molecule has 4 heteroatoms. The largest absolute Gasteiger partial charge is 0.393 e. The van der Waals surface area contributed by atoms with Gasteiger partial charge < -0.3 is 4.74 Å². The predicted molar refractivity (Wildman–Crippen MR) is 77.7 cm³/mol. The van der Waals surface area contributed by atoms with E-state index in [1.165, 1.54) is 0 Å². The zero-order chi connectivity index (χ0) is 14.7. The molecule has 0 fully saturated rings. The van der Waals surface area contributed by atoms with Crippen molar-refractivity contribution in [2.75, 3.05) is 0 Å². The summed E-state index contributed by atoms with van der Waals surface area (Å²) >= 11 is 0. The fourth-order valence-corrected chi connectivity index (χ4v) is 2.14. The molecule has 0 heterocycles. The number of carbonyl (C=O) groups is 2. The molecule has 0 aliphatic carbocycles. The van der Waals surface area contributed by atoms with Gasteiger partial charge in [-0.05, 0) is 25.7 Å². The van der Waals surface area contributed by atoms with Crippen molar-refractivity contribution in [2.24, 2.45) is 11.8 Å². The Morgan fingerprint density at radius 3 is 1.40 bits per heavy atom. The van der Waals surface area contributed by atoms with Gasteiger partial charge in [0.1, 0.15) is 0 Å². The van der Waals surface area contributed by atoms with Gasteiger partial charge in [0.25, 0.3) is 0 Å². The first-order valence-electron chi connectivity index (χ1n) is 7.86. The zero-order valence-corrected chi connectivity index (χ0v) is 16.7. The van der Waals surface area contributed by atoms with Gasteiger partial charge in [-0.15, -0.1) is 0 Å². The average molecular weight is 336 g/mol. The zero-order valence-electron chi connectivity index (χ0n) is 13.7. The smallest absolute Gasteiger partial charge is 0.316 e. The van der Waals surface area contributed by atoms with Crippen LogP contribution in [0.1, 0.15) is 79.1 Å². The van der Waals surface area contributed by atoms with E-state index in [4.69, 9.17) is 4.74 Å². The van der Waals surface area contributed by atoms with Crippen molar-refractivity contribution in [3.05, 3.63) is 0 Å². The van der Waals surface area contributed by atoms with Crippen LogP contribution in [0.25, 0.3) is 0 Å². The SMILES string of the molecule is CCCCC(CC)C(=O)OC(=O)C(CC)CCCC.[Zn]. The molecule has 0 saturated heterocycles. The van der Waals surface area contributed by atoms with Crippen LogP contribution in [-0.4, -0.2) is 11.9 Å². The maximum absolute atomic E-state index is 11.9. The van der Waals surface area contributed by atoms with E-state index in [1.807, 2.05) is 13.8 Å². The fourth-order valence-electron chi connectivity index (χ4n) is 2.14. The van der Waals surface area contributed by atoms with Crippen LogP contribution < -0.4 is 0 Å². The van der Waals surface area contributed by atoms with Gasteiger partial charge in [-0.1, -0.05) is 53.4 Å². The second kappa shape index (κ2) is 13.7. The molecule has 2 atom stereocenters. The molecule has 0 saturated carbocycles. The Morgan fingerprint density at radius 1 is 0.800 bits per heavy atom. The number of ether oxygens (including phenoxy) is 1. The topological polar surface area (TPSA) is 43.4 Å². The molecule has 0 amide bonds. The minimum absolute atomic E-state index is 0. The molecule has 0 N–H and O–H groups in total. The van der Waals surface area contributed by atoms with Gasteiger partial charge >= 0.3 is 11.9 Å². The Morgan fingerprint density at radius 2 is 1.15 bits per heavy atom. The summed E-state index contributed by atoms with van der Waals surface area (Å²) in [7, 11) is 0. The predicted octanol–water partition coefficient (Wildman–Crippen LogP) is 4.49. The molecule has 20 heavy (non-hydrogen) atoms. The van der Waals surface area contributed by atoms with E-state index in [-0.39, 0.29) is 43.3 Å². The summed E-state index contributed by atoms with van der Waals surface area (Å²) in [5, 5.41) is 0. The fraction of sp³-hybridized carbons (Fsp3) is 0.875. The standard InChI is InChI=1S/C16H30O3.Zn/c1-5-9-11-13(7-3)15(17)19-16(18)14(8-4)12-10-6-2;/h13-14H,5-12H2,1-4H3;. The van der Waals surface area contributed by atoms with Crippen molar-refractivity contribution in [2.45, 2.75) is 79.1 Å². The molecular weight excluding hydrogens is 306 g/mol. The van der Waals surface area contributed by atoms with Crippen molar-refractivity contribution in [3.63, 3.8) is 0 Å². The van der Waals surface area contributed by atoms with Gasteiger partial charge in [-0.2, -0.15) is 0 Å². The second-order valence-electron chi connectivity index (χ2n) is 5.23. The molecule has 0 bridgehead atoms. The third-order valence-corrected chi connectivity index (χ3v) is 3.67. The Bertz CT molecular complexity index is 240. The average Bonchev–Trinajstić information content (AvgIpc) is 2.40. The van der Waals surface area contributed by atoms with Gasteiger partial charge in [-0.3, -0.25) is 9.59 Å². The summed E-state index contributed by atoms with van der Waals surface area (Å²) in [6.07, 6.45) is 7.28. The Balaban J connectivity index is 0. The van der Waals surface area contributed by atoms with Gasteiger partial charge in [0.15, 0.2) is 0 Å². The van der Waals surface area contributed by atoms with Crippen molar-refractivity contribution in [1.29, 1.82) is 0 Å². The number of hydrogen-bond acceptors (Lipinski definition) is 3. The molecule has 2 unspecified atom stereocenters. The Kier molecular flexibility index (Phi) is 15.1. The van der Waals surface area contributed by atoms with Crippen molar-refractivity contribution in [3.8, 4) is 0 Å². The molecule has 0 aromatic heterocycles. The van der Waals surface area contributed by atoms with Crippen LogP contribution >= 0.6 is 0 Å². The molecule has 114 valence electrons. The minimum Gasteiger partial charge on any atom is -0.393 e. The first-order chi connectivity index (χ1) is 9.10. The van der Waals surface area contributed by atoms with E-state index in [0.29, 0.717) is 0 Å². The molecule has 0 radical (unpaired) electrons.